The lowest BCUT2D eigenvalue weighted by molar-refractivity contribution is 0.0690. The third-order valence-corrected chi connectivity index (χ3v) is 2.46. The molecule has 0 atom stereocenters. The maximum Gasteiger partial charge on any atom is 0.354 e. The lowest BCUT2D eigenvalue weighted by atomic mass is 10.3. The van der Waals surface area contributed by atoms with Gasteiger partial charge < -0.3 is 10.4 Å². The first-order valence-corrected chi connectivity index (χ1v) is 5.88. The highest BCUT2D eigenvalue weighted by Crippen LogP contribution is 2.05. The lowest BCUT2D eigenvalue weighted by Crippen LogP contribution is -2.12. The summed E-state index contributed by atoms with van der Waals surface area (Å²) in [5.74, 6) is -0.730. The lowest BCUT2D eigenvalue weighted by Gasteiger charge is -2.06. The molecule has 0 aliphatic carbocycles. The van der Waals surface area contributed by atoms with E-state index in [0.29, 0.717) is 18.2 Å². The summed E-state index contributed by atoms with van der Waals surface area (Å²) >= 11 is 0. The van der Waals surface area contributed by atoms with Crippen molar-refractivity contribution in [3.8, 4) is 0 Å². The number of pyridine rings is 1. The normalized spacial score (nSPS) is 10.2. The highest BCUT2D eigenvalue weighted by molar-refractivity contribution is 5.85. The fourth-order valence-corrected chi connectivity index (χ4v) is 1.61. The quantitative estimate of drug-likeness (QED) is 0.845. The van der Waals surface area contributed by atoms with Crippen LogP contribution in [0.1, 0.15) is 21.9 Å². The zero-order chi connectivity index (χ0) is 13.7. The summed E-state index contributed by atoms with van der Waals surface area (Å²) in [4.78, 5) is 23.1. The number of nitrogens with one attached hydrogen (secondary N) is 1. The van der Waals surface area contributed by atoms with Crippen LogP contribution in [0.3, 0.4) is 0 Å². The van der Waals surface area contributed by atoms with E-state index in [1.165, 1.54) is 6.07 Å². The Hall–Kier alpha value is -2.50. The summed E-state index contributed by atoms with van der Waals surface area (Å²) in [6.45, 7) is 2.33. The number of hydrogen-bond acceptors (Lipinski definition) is 5. The van der Waals surface area contributed by atoms with Crippen LogP contribution in [0.5, 0.6) is 0 Å². The predicted octanol–water partition coefficient (Wildman–Crippen LogP) is 1.53. The van der Waals surface area contributed by atoms with Crippen molar-refractivity contribution in [2.45, 2.75) is 13.3 Å². The molecular weight excluding hydrogens is 244 g/mol. The number of carboxylic acids is 1. The summed E-state index contributed by atoms with van der Waals surface area (Å²) in [5, 5.41) is 11.9. The van der Waals surface area contributed by atoms with E-state index in [-0.39, 0.29) is 5.69 Å². The number of carbonyl (C=O) groups is 1. The van der Waals surface area contributed by atoms with Crippen molar-refractivity contribution in [2.24, 2.45) is 0 Å². The van der Waals surface area contributed by atoms with Crippen molar-refractivity contribution in [2.75, 3.05) is 11.9 Å². The molecule has 0 unspecified atom stereocenters. The number of aryl methyl sites for hydroxylation is 1. The van der Waals surface area contributed by atoms with E-state index in [4.69, 9.17) is 5.11 Å². The minimum atomic E-state index is -1.06. The highest BCUT2D eigenvalue weighted by Gasteiger charge is 2.08. The minimum absolute atomic E-state index is 0.00663. The molecule has 0 radical (unpaired) electrons. The maximum atomic E-state index is 10.9. The number of hydrogen-bond donors (Lipinski definition) is 2. The molecule has 2 rings (SSSR count). The largest absolute Gasteiger partial charge is 0.477 e. The molecule has 6 heteroatoms. The number of aromatic nitrogens is 3. The molecule has 0 spiro atoms. The van der Waals surface area contributed by atoms with Gasteiger partial charge in [0.1, 0.15) is 0 Å². The molecule has 0 saturated heterocycles. The Bertz CT molecular complexity index is 572. The van der Waals surface area contributed by atoms with Gasteiger partial charge in [0.25, 0.3) is 0 Å². The first-order valence-electron chi connectivity index (χ1n) is 5.88. The summed E-state index contributed by atoms with van der Waals surface area (Å²) in [6, 6.07) is 7.15. The van der Waals surface area contributed by atoms with E-state index in [0.717, 1.165) is 12.1 Å². The van der Waals surface area contributed by atoms with Gasteiger partial charge >= 0.3 is 5.97 Å². The van der Waals surface area contributed by atoms with Gasteiger partial charge in [-0.15, -0.1) is 0 Å². The standard InChI is InChI=1S/C13H14N4O2/c1-9-8-11(12(18)19)17-13(16-9)15-7-5-10-4-2-3-6-14-10/h2-4,6,8H,5,7H2,1H3,(H,18,19)(H,15,16,17). The van der Waals surface area contributed by atoms with Crippen molar-refractivity contribution >= 4 is 11.9 Å². The average molecular weight is 258 g/mol. The molecule has 0 fully saturated rings. The average Bonchev–Trinajstić information content (AvgIpc) is 2.39. The summed E-state index contributed by atoms with van der Waals surface area (Å²) in [6.07, 6.45) is 2.46. The fourth-order valence-electron chi connectivity index (χ4n) is 1.61. The molecule has 19 heavy (non-hydrogen) atoms. The van der Waals surface area contributed by atoms with Crippen LogP contribution in [-0.2, 0) is 6.42 Å². The van der Waals surface area contributed by atoms with E-state index in [2.05, 4.69) is 20.3 Å². The van der Waals surface area contributed by atoms with Crippen molar-refractivity contribution < 1.29 is 9.90 Å². The molecule has 2 aromatic rings. The number of nitrogens with zero attached hydrogens (tertiary/aromatic N) is 3. The number of anilines is 1. The van der Waals surface area contributed by atoms with Gasteiger partial charge in [0.15, 0.2) is 5.69 Å². The van der Waals surface area contributed by atoms with Crippen molar-refractivity contribution in [3.63, 3.8) is 0 Å². The molecule has 0 saturated carbocycles. The third kappa shape index (κ3) is 3.74. The van der Waals surface area contributed by atoms with Crippen LogP contribution >= 0.6 is 0 Å². The summed E-state index contributed by atoms with van der Waals surface area (Å²) in [5.41, 5.74) is 1.57. The second-order valence-electron chi connectivity index (χ2n) is 4.02. The van der Waals surface area contributed by atoms with Crippen molar-refractivity contribution in [1.82, 2.24) is 15.0 Å². The Balaban J connectivity index is 1.98. The molecular formula is C13H14N4O2. The zero-order valence-electron chi connectivity index (χ0n) is 10.5. The maximum absolute atomic E-state index is 10.9. The van der Waals surface area contributed by atoms with Gasteiger partial charge in [-0.3, -0.25) is 4.98 Å². The van der Waals surface area contributed by atoms with Crippen LogP contribution in [-0.4, -0.2) is 32.6 Å². The van der Waals surface area contributed by atoms with Crippen LogP contribution in [0, 0.1) is 6.92 Å². The van der Waals surface area contributed by atoms with E-state index >= 15 is 0 Å². The van der Waals surface area contributed by atoms with Crippen molar-refractivity contribution in [3.05, 3.63) is 47.5 Å². The molecule has 98 valence electrons. The predicted molar refractivity (Wildman–Crippen MR) is 70.2 cm³/mol. The molecule has 0 aromatic carbocycles. The van der Waals surface area contributed by atoms with Crippen molar-refractivity contribution in [1.29, 1.82) is 0 Å². The smallest absolute Gasteiger partial charge is 0.354 e. The summed E-state index contributed by atoms with van der Waals surface area (Å²) < 4.78 is 0. The summed E-state index contributed by atoms with van der Waals surface area (Å²) in [7, 11) is 0. The van der Waals surface area contributed by atoms with Crippen LogP contribution in [0.25, 0.3) is 0 Å². The van der Waals surface area contributed by atoms with E-state index in [9.17, 15) is 4.79 Å². The Kier molecular flexibility index (Phi) is 4.02. The molecule has 0 bridgehead atoms. The first kappa shape index (κ1) is 12.9. The van der Waals surface area contributed by atoms with E-state index in [1.54, 1.807) is 13.1 Å². The number of aromatic carboxylic acids is 1. The molecule has 6 nitrogen and oxygen atoms in total. The van der Waals surface area contributed by atoms with Gasteiger partial charge in [0.05, 0.1) is 0 Å². The van der Waals surface area contributed by atoms with Gasteiger partial charge in [-0.25, -0.2) is 14.8 Å². The van der Waals surface area contributed by atoms with Crippen LogP contribution < -0.4 is 5.32 Å². The minimum Gasteiger partial charge on any atom is -0.477 e. The highest BCUT2D eigenvalue weighted by atomic mass is 16.4. The second kappa shape index (κ2) is 5.90. The Morgan fingerprint density at radius 1 is 1.37 bits per heavy atom. The molecule has 2 heterocycles. The first-order chi connectivity index (χ1) is 9.15. The van der Waals surface area contributed by atoms with E-state index < -0.39 is 5.97 Å². The Morgan fingerprint density at radius 3 is 2.89 bits per heavy atom. The Labute approximate surface area is 110 Å². The molecule has 2 aromatic heterocycles. The van der Waals surface area contributed by atoms with E-state index in [1.807, 2.05) is 18.2 Å². The van der Waals surface area contributed by atoms with Gasteiger partial charge in [-0.2, -0.15) is 0 Å². The van der Waals surface area contributed by atoms with Crippen LogP contribution in [0.4, 0.5) is 5.95 Å². The third-order valence-electron chi connectivity index (χ3n) is 2.46. The molecule has 2 N–H and O–H groups in total. The van der Waals surface area contributed by atoms with Gasteiger partial charge in [0, 0.05) is 30.6 Å². The van der Waals surface area contributed by atoms with Crippen LogP contribution in [0.15, 0.2) is 30.5 Å². The fraction of sp³-hybridized carbons (Fsp3) is 0.231. The monoisotopic (exact) mass is 258 g/mol. The molecule has 0 amide bonds. The second-order valence-corrected chi connectivity index (χ2v) is 4.02. The van der Waals surface area contributed by atoms with Gasteiger partial charge in [-0.1, -0.05) is 6.07 Å². The van der Waals surface area contributed by atoms with Crippen LogP contribution in [0.2, 0.25) is 0 Å². The molecule has 0 aliphatic heterocycles. The van der Waals surface area contributed by atoms with Gasteiger partial charge in [-0.05, 0) is 25.1 Å². The van der Waals surface area contributed by atoms with Gasteiger partial charge in [0.2, 0.25) is 5.95 Å². The topological polar surface area (TPSA) is 88.0 Å². The number of carboxylic acid groups (broad SMARTS) is 1. The zero-order valence-corrected chi connectivity index (χ0v) is 10.5. The SMILES string of the molecule is Cc1cc(C(=O)O)nc(NCCc2ccccn2)n1. The Morgan fingerprint density at radius 2 is 2.21 bits per heavy atom. The molecule has 0 aliphatic rings. The number of rotatable bonds is 5.